The standard InChI is InChI=1S/C25H23ClN4O2/c1-28(15-18-7-3-2-4-8-18)24(32)17-30-22-10-6-5-9-21(22)29(25(30)27)16-23(31)19-11-13-20(26)14-12-19/h2-14,27H,15-17H2,1H3. The lowest BCUT2D eigenvalue weighted by atomic mass is 10.1. The summed E-state index contributed by atoms with van der Waals surface area (Å²) in [6.07, 6.45) is 0. The van der Waals surface area contributed by atoms with Crippen LogP contribution in [0, 0.1) is 5.41 Å². The Bertz CT molecular complexity index is 1320. The van der Waals surface area contributed by atoms with Crippen LogP contribution in [0.3, 0.4) is 0 Å². The van der Waals surface area contributed by atoms with Gasteiger partial charge in [-0.25, -0.2) is 0 Å². The number of imidazole rings is 1. The lowest BCUT2D eigenvalue weighted by Gasteiger charge is -2.18. The van der Waals surface area contributed by atoms with Crippen molar-refractivity contribution in [3.63, 3.8) is 0 Å². The van der Waals surface area contributed by atoms with E-state index in [-0.39, 0.29) is 30.4 Å². The molecule has 6 nitrogen and oxygen atoms in total. The average molecular weight is 447 g/mol. The maximum Gasteiger partial charge on any atom is 0.242 e. The number of nitrogens with zero attached hydrogens (tertiary/aromatic N) is 3. The predicted octanol–water partition coefficient (Wildman–Crippen LogP) is 4.12. The molecule has 162 valence electrons. The predicted molar refractivity (Wildman–Crippen MR) is 124 cm³/mol. The molecule has 0 aliphatic heterocycles. The Hall–Kier alpha value is -3.64. The number of Topliss-reactive ketones (excluding diaryl/α,β-unsaturated/α-hetero) is 1. The highest BCUT2D eigenvalue weighted by Crippen LogP contribution is 2.16. The number of likely N-dealkylation sites (N-methyl/N-ethyl adjacent to an activating group) is 1. The van der Waals surface area contributed by atoms with Crippen LogP contribution in [0.25, 0.3) is 11.0 Å². The number of aromatic nitrogens is 2. The topological polar surface area (TPSA) is 71.1 Å². The summed E-state index contributed by atoms with van der Waals surface area (Å²) in [5.74, 6) is -0.241. The van der Waals surface area contributed by atoms with Gasteiger partial charge in [0.05, 0.1) is 17.6 Å². The highest BCUT2D eigenvalue weighted by molar-refractivity contribution is 6.30. The second kappa shape index (κ2) is 9.24. The fraction of sp³-hybridized carbons (Fsp3) is 0.160. The molecule has 0 radical (unpaired) electrons. The van der Waals surface area contributed by atoms with Crippen LogP contribution in [0.1, 0.15) is 15.9 Å². The summed E-state index contributed by atoms with van der Waals surface area (Å²) >= 11 is 5.92. The van der Waals surface area contributed by atoms with Gasteiger partial charge in [-0.2, -0.15) is 0 Å². The van der Waals surface area contributed by atoms with Crippen molar-refractivity contribution in [2.24, 2.45) is 0 Å². The van der Waals surface area contributed by atoms with Crippen molar-refractivity contribution in [3.8, 4) is 0 Å². The number of halogens is 1. The maximum atomic E-state index is 12.9. The van der Waals surface area contributed by atoms with Crippen molar-refractivity contribution in [3.05, 3.63) is 101 Å². The Kier molecular flexibility index (Phi) is 6.23. The molecule has 1 amide bonds. The van der Waals surface area contributed by atoms with E-state index in [2.05, 4.69) is 0 Å². The van der Waals surface area contributed by atoms with E-state index < -0.39 is 0 Å². The molecule has 0 unspecified atom stereocenters. The molecule has 3 aromatic carbocycles. The first-order valence-electron chi connectivity index (χ1n) is 10.2. The molecule has 0 aliphatic carbocycles. The maximum absolute atomic E-state index is 12.9. The third-order valence-electron chi connectivity index (χ3n) is 5.42. The van der Waals surface area contributed by atoms with Crippen molar-refractivity contribution >= 4 is 34.3 Å². The summed E-state index contributed by atoms with van der Waals surface area (Å²) in [6.45, 7) is 0.508. The largest absolute Gasteiger partial charge is 0.340 e. The number of carbonyl (C=O) groups is 2. The number of fused-ring (bicyclic) bond motifs is 1. The number of para-hydroxylation sites is 2. The third kappa shape index (κ3) is 4.50. The van der Waals surface area contributed by atoms with E-state index in [1.165, 1.54) is 0 Å². The second-order valence-electron chi connectivity index (χ2n) is 7.65. The second-order valence-corrected chi connectivity index (χ2v) is 8.09. The number of ketones is 1. The van der Waals surface area contributed by atoms with Gasteiger partial charge in [-0.15, -0.1) is 0 Å². The van der Waals surface area contributed by atoms with Crippen LogP contribution in [-0.2, 0) is 24.4 Å². The van der Waals surface area contributed by atoms with Gasteiger partial charge in [0.1, 0.15) is 6.54 Å². The molecule has 0 fully saturated rings. The van der Waals surface area contributed by atoms with E-state index in [1.807, 2.05) is 54.6 Å². The van der Waals surface area contributed by atoms with E-state index in [0.29, 0.717) is 17.1 Å². The normalized spacial score (nSPS) is 10.9. The summed E-state index contributed by atoms with van der Waals surface area (Å²) in [5.41, 5.74) is 3.14. The zero-order chi connectivity index (χ0) is 22.7. The first-order valence-corrected chi connectivity index (χ1v) is 10.6. The van der Waals surface area contributed by atoms with Crippen molar-refractivity contribution in [2.45, 2.75) is 19.6 Å². The van der Waals surface area contributed by atoms with Gasteiger partial charge in [-0.3, -0.25) is 15.0 Å². The molecule has 7 heteroatoms. The molecule has 0 spiro atoms. The van der Waals surface area contributed by atoms with Gasteiger partial charge in [0.25, 0.3) is 0 Å². The van der Waals surface area contributed by atoms with Crippen molar-refractivity contribution in [2.75, 3.05) is 7.05 Å². The lowest BCUT2D eigenvalue weighted by molar-refractivity contribution is -0.131. The third-order valence-corrected chi connectivity index (χ3v) is 5.68. The van der Waals surface area contributed by atoms with Crippen LogP contribution in [0.4, 0.5) is 0 Å². The number of carbonyl (C=O) groups excluding carboxylic acids is 2. The molecule has 0 saturated heterocycles. The minimum Gasteiger partial charge on any atom is -0.340 e. The van der Waals surface area contributed by atoms with Crippen LogP contribution in [-0.4, -0.2) is 32.8 Å². The Labute approximate surface area is 190 Å². The number of rotatable bonds is 7. The molecule has 1 heterocycles. The van der Waals surface area contributed by atoms with Crippen molar-refractivity contribution in [1.82, 2.24) is 14.0 Å². The van der Waals surface area contributed by atoms with Crippen LogP contribution >= 0.6 is 11.6 Å². The Balaban J connectivity index is 1.61. The van der Waals surface area contributed by atoms with Crippen LogP contribution < -0.4 is 5.62 Å². The Morgan fingerprint density at radius 3 is 2.03 bits per heavy atom. The van der Waals surface area contributed by atoms with Gasteiger partial charge in [0.2, 0.25) is 11.5 Å². The van der Waals surface area contributed by atoms with Gasteiger partial charge in [-0.05, 0) is 42.0 Å². The monoisotopic (exact) mass is 446 g/mol. The first-order chi connectivity index (χ1) is 15.4. The molecule has 32 heavy (non-hydrogen) atoms. The quantitative estimate of drug-likeness (QED) is 0.434. The van der Waals surface area contributed by atoms with Gasteiger partial charge in [-0.1, -0.05) is 54.1 Å². The van der Waals surface area contributed by atoms with E-state index in [0.717, 1.165) is 16.6 Å². The zero-order valence-electron chi connectivity index (χ0n) is 17.7. The minimum absolute atomic E-state index is 0.00201. The van der Waals surface area contributed by atoms with Gasteiger partial charge >= 0.3 is 0 Å². The van der Waals surface area contributed by atoms with Gasteiger partial charge in [0, 0.05) is 24.2 Å². The van der Waals surface area contributed by atoms with Crippen molar-refractivity contribution in [1.29, 1.82) is 5.41 Å². The molecular formula is C25H23ClN4O2. The van der Waals surface area contributed by atoms with Crippen LogP contribution in [0.2, 0.25) is 5.02 Å². The zero-order valence-corrected chi connectivity index (χ0v) is 18.4. The minimum atomic E-state index is -0.129. The molecule has 4 rings (SSSR count). The fourth-order valence-electron chi connectivity index (χ4n) is 3.69. The van der Waals surface area contributed by atoms with E-state index in [4.69, 9.17) is 17.0 Å². The van der Waals surface area contributed by atoms with Crippen molar-refractivity contribution < 1.29 is 9.59 Å². The summed E-state index contributed by atoms with van der Waals surface area (Å²) < 4.78 is 3.28. The number of amides is 1. The Morgan fingerprint density at radius 1 is 0.844 bits per heavy atom. The number of hydrogen-bond acceptors (Lipinski definition) is 3. The van der Waals surface area contributed by atoms with E-state index in [9.17, 15) is 9.59 Å². The molecule has 0 saturated carbocycles. The molecule has 1 aromatic heterocycles. The molecule has 1 N–H and O–H groups in total. The molecule has 0 aliphatic rings. The number of hydrogen-bond donors (Lipinski definition) is 1. The summed E-state index contributed by atoms with van der Waals surface area (Å²) in [5, 5.41) is 9.26. The highest BCUT2D eigenvalue weighted by Gasteiger charge is 2.18. The molecule has 0 atom stereocenters. The number of benzene rings is 3. The highest BCUT2D eigenvalue weighted by atomic mass is 35.5. The van der Waals surface area contributed by atoms with Crippen LogP contribution in [0.15, 0.2) is 78.9 Å². The van der Waals surface area contributed by atoms with E-state index in [1.54, 1.807) is 45.3 Å². The van der Waals surface area contributed by atoms with E-state index >= 15 is 0 Å². The lowest BCUT2D eigenvalue weighted by Crippen LogP contribution is -2.35. The van der Waals surface area contributed by atoms with Gasteiger partial charge < -0.3 is 14.0 Å². The summed E-state index contributed by atoms with van der Waals surface area (Å²) in [7, 11) is 1.75. The SMILES string of the molecule is CN(Cc1ccccc1)C(=O)Cn1c(=N)n(CC(=O)c2ccc(Cl)cc2)c2ccccc21. The average Bonchev–Trinajstić information content (AvgIpc) is 3.06. The van der Waals surface area contributed by atoms with Gasteiger partial charge in [0.15, 0.2) is 5.78 Å². The molecule has 0 bridgehead atoms. The summed E-state index contributed by atoms with van der Waals surface area (Å²) in [4.78, 5) is 27.4. The first kappa shape index (κ1) is 21.6. The Morgan fingerprint density at radius 2 is 1.41 bits per heavy atom. The molecule has 4 aromatic rings. The molecular weight excluding hydrogens is 424 g/mol. The van der Waals surface area contributed by atoms with Crippen LogP contribution in [0.5, 0.6) is 0 Å². The fourth-order valence-corrected chi connectivity index (χ4v) is 3.81. The smallest absolute Gasteiger partial charge is 0.242 e. The summed E-state index contributed by atoms with van der Waals surface area (Å²) in [6, 6.07) is 23.9. The number of nitrogens with one attached hydrogen (secondary N) is 1.